The molecular formula is C30H34N4O2S. The number of hydrogen-bond acceptors (Lipinski definition) is 4. The van der Waals surface area contributed by atoms with Gasteiger partial charge in [-0.25, -0.2) is 4.98 Å². The van der Waals surface area contributed by atoms with Crippen LogP contribution in [0.4, 0.5) is 0 Å². The Bertz CT molecular complexity index is 1310. The molecule has 1 saturated carbocycles. The van der Waals surface area contributed by atoms with E-state index in [1.807, 2.05) is 60.0 Å². The van der Waals surface area contributed by atoms with Gasteiger partial charge in [-0.05, 0) is 48.4 Å². The summed E-state index contributed by atoms with van der Waals surface area (Å²) in [5, 5.41) is 4.90. The first-order valence-electron chi connectivity index (χ1n) is 13.3. The van der Waals surface area contributed by atoms with Crippen LogP contribution in [-0.4, -0.2) is 38.9 Å². The van der Waals surface area contributed by atoms with E-state index in [1.165, 1.54) is 36.2 Å². The number of nitrogens with zero attached hydrogens (tertiary/aromatic N) is 3. The van der Waals surface area contributed by atoms with E-state index in [4.69, 9.17) is 4.98 Å². The van der Waals surface area contributed by atoms with Gasteiger partial charge in [0.1, 0.15) is 12.4 Å². The minimum Gasteiger partial charge on any atom is -0.351 e. The van der Waals surface area contributed by atoms with Crippen LogP contribution in [-0.2, 0) is 24.3 Å². The Morgan fingerprint density at radius 1 is 0.973 bits per heavy atom. The third-order valence-corrected chi connectivity index (χ3v) is 8.03. The van der Waals surface area contributed by atoms with E-state index in [0.29, 0.717) is 19.5 Å². The fourth-order valence-electron chi connectivity index (χ4n) is 5.26. The van der Waals surface area contributed by atoms with Crippen LogP contribution in [0, 0.1) is 0 Å². The molecule has 4 aromatic rings. The number of imidazole rings is 1. The highest BCUT2D eigenvalue weighted by Gasteiger charge is 2.27. The van der Waals surface area contributed by atoms with Gasteiger partial charge < -0.3 is 14.8 Å². The second-order valence-corrected chi connectivity index (χ2v) is 10.7. The number of aromatic nitrogens is 2. The van der Waals surface area contributed by atoms with Crippen LogP contribution in [0.3, 0.4) is 0 Å². The molecule has 192 valence electrons. The molecule has 1 aliphatic carbocycles. The number of para-hydroxylation sites is 2. The van der Waals surface area contributed by atoms with Gasteiger partial charge in [0.25, 0.3) is 5.91 Å². The maximum absolute atomic E-state index is 13.9. The van der Waals surface area contributed by atoms with E-state index in [1.54, 1.807) is 0 Å². The number of carbonyl (C=O) groups is 2. The molecule has 2 heterocycles. The molecule has 5 rings (SSSR count). The van der Waals surface area contributed by atoms with E-state index in [2.05, 4.69) is 26.9 Å². The van der Waals surface area contributed by atoms with Crippen molar-refractivity contribution in [3.05, 3.63) is 88.4 Å². The van der Waals surface area contributed by atoms with Gasteiger partial charge in [-0.3, -0.25) is 9.59 Å². The largest absolute Gasteiger partial charge is 0.351 e. The van der Waals surface area contributed by atoms with Gasteiger partial charge in [0.2, 0.25) is 5.91 Å². The number of rotatable bonds is 10. The van der Waals surface area contributed by atoms with Crippen LogP contribution in [0.25, 0.3) is 11.0 Å². The zero-order valence-corrected chi connectivity index (χ0v) is 22.0. The first-order valence-corrected chi connectivity index (χ1v) is 14.2. The highest BCUT2D eigenvalue weighted by molar-refractivity contribution is 7.12. The second kappa shape index (κ2) is 12.2. The Labute approximate surface area is 222 Å². The van der Waals surface area contributed by atoms with E-state index >= 15 is 0 Å². The fraction of sp³-hybridized carbons (Fsp3) is 0.367. The second-order valence-electron chi connectivity index (χ2n) is 9.74. The fourth-order valence-corrected chi connectivity index (χ4v) is 5.90. The summed E-state index contributed by atoms with van der Waals surface area (Å²) in [6.45, 7) is 1.48. The first kappa shape index (κ1) is 25.2. The first-order chi connectivity index (χ1) is 18.2. The van der Waals surface area contributed by atoms with Crippen LogP contribution in [0.1, 0.15) is 59.6 Å². The molecule has 6 nitrogen and oxygen atoms in total. The number of fused-ring (bicyclic) bond motifs is 1. The Hall–Kier alpha value is -3.45. The number of benzene rings is 2. The van der Waals surface area contributed by atoms with Gasteiger partial charge in [0, 0.05) is 25.6 Å². The van der Waals surface area contributed by atoms with Crippen molar-refractivity contribution in [3.63, 3.8) is 0 Å². The number of aryl methyl sites for hydroxylation is 1. The van der Waals surface area contributed by atoms with Crippen molar-refractivity contribution in [1.82, 2.24) is 19.8 Å². The third kappa shape index (κ3) is 6.28. The van der Waals surface area contributed by atoms with Gasteiger partial charge in [0.05, 0.1) is 15.9 Å². The SMILES string of the molecule is O=C(NCCCc1nc2ccccc2n1CC(=O)N(Cc1ccccc1)C1CCCCC1)c1cccs1. The van der Waals surface area contributed by atoms with E-state index < -0.39 is 0 Å². The lowest BCUT2D eigenvalue weighted by atomic mass is 9.93. The quantitative estimate of drug-likeness (QED) is 0.271. The highest BCUT2D eigenvalue weighted by atomic mass is 32.1. The predicted octanol–water partition coefficient (Wildman–Crippen LogP) is 5.82. The van der Waals surface area contributed by atoms with Crippen LogP contribution in [0.5, 0.6) is 0 Å². The average molecular weight is 515 g/mol. The molecule has 1 aliphatic rings. The monoisotopic (exact) mass is 514 g/mol. The minimum absolute atomic E-state index is 0.0392. The molecule has 2 aromatic carbocycles. The van der Waals surface area contributed by atoms with Crippen molar-refractivity contribution < 1.29 is 9.59 Å². The molecule has 2 amide bonds. The zero-order valence-electron chi connectivity index (χ0n) is 21.1. The number of thiophene rings is 1. The molecular weight excluding hydrogens is 480 g/mol. The third-order valence-electron chi connectivity index (χ3n) is 7.17. The molecule has 7 heteroatoms. The normalized spacial score (nSPS) is 14.1. The smallest absolute Gasteiger partial charge is 0.261 e. The number of hydrogen-bond donors (Lipinski definition) is 1. The Morgan fingerprint density at radius 3 is 2.54 bits per heavy atom. The average Bonchev–Trinajstić information content (AvgIpc) is 3.60. The molecule has 37 heavy (non-hydrogen) atoms. The molecule has 0 spiro atoms. The van der Waals surface area contributed by atoms with E-state index in [9.17, 15) is 9.59 Å². The topological polar surface area (TPSA) is 67.2 Å². The van der Waals surface area contributed by atoms with Crippen LogP contribution in [0.15, 0.2) is 72.1 Å². The Balaban J connectivity index is 1.31. The van der Waals surface area contributed by atoms with Crippen molar-refractivity contribution in [2.24, 2.45) is 0 Å². The lowest BCUT2D eigenvalue weighted by Crippen LogP contribution is -2.42. The summed E-state index contributed by atoms with van der Waals surface area (Å²) in [5.41, 5.74) is 3.05. The maximum atomic E-state index is 13.9. The number of nitrogens with one attached hydrogen (secondary N) is 1. The molecule has 1 fully saturated rings. The Morgan fingerprint density at radius 2 is 1.76 bits per heavy atom. The van der Waals surface area contributed by atoms with Crippen LogP contribution < -0.4 is 5.32 Å². The summed E-state index contributed by atoms with van der Waals surface area (Å²) in [4.78, 5) is 33.9. The van der Waals surface area contributed by atoms with Gasteiger partial charge in [-0.15, -0.1) is 11.3 Å². The van der Waals surface area contributed by atoms with Crippen molar-refractivity contribution >= 4 is 34.2 Å². The van der Waals surface area contributed by atoms with Crippen molar-refractivity contribution in [2.75, 3.05) is 6.54 Å². The standard InChI is InChI=1S/C30H34N4O2S/c35-29(33(24-13-5-2-6-14-24)21-23-11-3-1-4-12-23)22-34-26-16-8-7-15-25(26)32-28(34)18-9-19-31-30(36)27-17-10-20-37-27/h1,3-4,7-8,10-12,15-17,20,24H,2,5-6,9,13-14,18-19,21-22H2,(H,31,36). The van der Waals surface area contributed by atoms with E-state index in [-0.39, 0.29) is 24.4 Å². The van der Waals surface area contributed by atoms with Crippen LogP contribution >= 0.6 is 11.3 Å². The minimum atomic E-state index is -0.0392. The molecule has 0 saturated heterocycles. The number of amides is 2. The molecule has 0 bridgehead atoms. The Kier molecular flexibility index (Phi) is 8.31. The molecule has 0 aliphatic heterocycles. The van der Waals surface area contributed by atoms with Gasteiger partial charge >= 0.3 is 0 Å². The van der Waals surface area contributed by atoms with Gasteiger partial charge in [0.15, 0.2) is 0 Å². The lowest BCUT2D eigenvalue weighted by molar-refractivity contribution is -0.135. The molecule has 0 unspecified atom stereocenters. The number of carbonyl (C=O) groups excluding carboxylic acids is 2. The van der Waals surface area contributed by atoms with Crippen molar-refractivity contribution in [2.45, 2.75) is 64.1 Å². The van der Waals surface area contributed by atoms with Crippen molar-refractivity contribution in [1.29, 1.82) is 0 Å². The molecule has 0 radical (unpaired) electrons. The zero-order chi connectivity index (χ0) is 25.5. The van der Waals surface area contributed by atoms with Crippen LogP contribution in [0.2, 0.25) is 0 Å². The van der Waals surface area contributed by atoms with Crippen molar-refractivity contribution in [3.8, 4) is 0 Å². The van der Waals surface area contributed by atoms with Gasteiger partial charge in [-0.1, -0.05) is 67.8 Å². The van der Waals surface area contributed by atoms with E-state index in [0.717, 1.165) is 41.0 Å². The molecule has 1 N–H and O–H groups in total. The summed E-state index contributed by atoms with van der Waals surface area (Å²) < 4.78 is 2.08. The lowest BCUT2D eigenvalue weighted by Gasteiger charge is -2.35. The molecule has 0 atom stereocenters. The maximum Gasteiger partial charge on any atom is 0.261 e. The summed E-state index contributed by atoms with van der Waals surface area (Å²) in [6, 6.07) is 22.3. The summed E-state index contributed by atoms with van der Waals surface area (Å²) in [5.74, 6) is 0.997. The summed E-state index contributed by atoms with van der Waals surface area (Å²) in [7, 11) is 0. The summed E-state index contributed by atoms with van der Waals surface area (Å²) in [6.07, 6.45) is 7.20. The highest BCUT2D eigenvalue weighted by Crippen LogP contribution is 2.25. The predicted molar refractivity (Wildman–Crippen MR) is 149 cm³/mol. The summed E-state index contributed by atoms with van der Waals surface area (Å²) >= 11 is 1.44. The van der Waals surface area contributed by atoms with Gasteiger partial charge in [-0.2, -0.15) is 0 Å². The molecule has 2 aromatic heterocycles.